The van der Waals surface area contributed by atoms with Crippen molar-refractivity contribution >= 4 is 28.4 Å². The van der Waals surface area contributed by atoms with E-state index in [-0.39, 0.29) is 0 Å². The third-order valence-electron chi connectivity index (χ3n) is 3.85. The summed E-state index contributed by atoms with van der Waals surface area (Å²) in [6, 6.07) is 0. The minimum Gasteiger partial charge on any atom is -0.465 e. The lowest BCUT2D eigenvalue weighted by molar-refractivity contribution is 0.0601. The molecule has 0 aromatic carbocycles. The lowest BCUT2D eigenvalue weighted by atomic mass is 9.88. The number of carbonyl (C=O) groups is 2. The monoisotopic (exact) mass is 325 g/mol. The van der Waals surface area contributed by atoms with Gasteiger partial charge in [-0.1, -0.05) is 20.3 Å². The van der Waals surface area contributed by atoms with Gasteiger partial charge in [-0.15, -0.1) is 11.3 Å². The second-order valence-electron chi connectivity index (χ2n) is 5.66. The molecule has 0 saturated heterocycles. The van der Waals surface area contributed by atoms with E-state index >= 15 is 0 Å². The van der Waals surface area contributed by atoms with E-state index in [0.717, 1.165) is 37.7 Å². The van der Waals surface area contributed by atoms with Crippen LogP contribution >= 0.6 is 11.3 Å². The summed E-state index contributed by atoms with van der Waals surface area (Å²) in [6.45, 7) is 4.62. The maximum atomic E-state index is 12.1. The van der Waals surface area contributed by atoms with Crippen molar-refractivity contribution in [2.24, 2.45) is 5.92 Å². The minimum absolute atomic E-state index is 0.387. The number of unbranched alkanes of at least 4 members (excludes halogenated alkanes) is 1. The average molecular weight is 325 g/mol. The Labute approximate surface area is 135 Å². The number of carbonyl (C=O) groups excluding carboxylic acids is 2. The van der Waals surface area contributed by atoms with Crippen LogP contribution in [0.2, 0.25) is 0 Å². The highest BCUT2D eigenvalue weighted by atomic mass is 32.1. The number of thiophene rings is 1. The van der Waals surface area contributed by atoms with E-state index in [1.54, 1.807) is 0 Å². The molecule has 122 valence electrons. The van der Waals surface area contributed by atoms with Crippen molar-refractivity contribution < 1.29 is 19.1 Å². The molecule has 0 radical (unpaired) electrons. The molecule has 22 heavy (non-hydrogen) atoms. The van der Waals surface area contributed by atoms with E-state index in [9.17, 15) is 9.59 Å². The van der Waals surface area contributed by atoms with Gasteiger partial charge in [0.05, 0.1) is 19.3 Å². The fourth-order valence-electron chi connectivity index (χ4n) is 2.59. The molecule has 1 N–H and O–H groups in total. The first-order valence-electron chi connectivity index (χ1n) is 7.73. The summed E-state index contributed by atoms with van der Waals surface area (Å²) < 4.78 is 10.00. The molecule has 1 atom stereocenters. The van der Waals surface area contributed by atoms with Crippen molar-refractivity contribution in [3.8, 4) is 0 Å². The fourth-order valence-corrected chi connectivity index (χ4v) is 3.98. The molecule has 6 heteroatoms. The largest absolute Gasteiger partial charge is 0.465 e. The number of anilines is 1. The number of hydrogen-bond acceptors (Lipinski definition) is 5. The average Bonchev–Trinajstić information content (AvgIpc) is 2.83. The summed E-state index contributed by atoms with van der Waals surface area (Å²) in [5, 5.41) is 3.26. The second kappa shape index (κ2) is 7.63. The Morgan fingerprint density at radius 2 is 2.18 bits per heavy atom. The molecule has 1 unspecified atom stereocenters. The van der Waals surface area contributed by atoms with Crippen LogP contribution in [-0.4, -0.2) is 25.8 Å². The van der Waals surface area contributed by atoms with Crippen LogP contribution in [0.25, 0.3) is 0 Å². The summed E-state index contributed by atoms with van der Waals surface area (Å²) in [7, 11) is 1.36. The van der Waals surface area contributed by atoms with Gasteiger partial charge in [0.15, 0.2) is 0 Å². The minimum atomic E-state index is -0.509. The van der Waals surface area contributed by atoms with Crippen molar-refractivity contribution in [2.75, 3.05) is 19.0 Å². The number of ether oxygens (including phenoxy) is 2. The zero-order valence-corrected chi connectivity index (χ0v) is 14.2. The number of esters is 1. The Balaban J connectivity index is 2.19. The summed E-state index contributed by atoms with van der Waals surface area (Å²) in [5.74, 6) is 0.205. The Kier molecular flexibility index (Phi) is 5.83. The molecule has 1 aliphatic rings. The molecule has 2 rings (SSSR count). The number of methoxy groups -OCH3 is 1. The molecule has 0 aliphatic heterocycles. The number of fused-ring (bicyclic) bond motifs is 1. The normalized spacial score (nSPS) is 16.8. The van der Waals surface area contributed by atoms with Gasteiger partial charge in [-0.25, -0.2) is 9.59 Å². The highest BCUT2D eigenvalue weighted by Crippen LogP contribution is 2.40. The van der Waals surface area contributed by atoms with E-state index in [1.165, 1.54) is 23.3 Å². The highest BCUT2D eigenvalue weighted by Gasteiger charge is 2.29. The quantitative estimate of drug-likeness (QED) is 0.656. The zero-order valence-electron chi connectivity index (χ0n) is 13.4. The molecule has 0 saturated carbocycles. The third kappa shape index (κ3) is 3.80. The molecule has 5 nitrogen and oxygen atoms in total. The maximum absolute atomic E-state index is 12.1. The fraction of sp³-hybridized carbons (Fsp3) is 0.625. The topological polar surface area (TPSA) is 64.6 Å². The van der Waals surface area contributed by atoms with Crippen molar-refractivity contribution in [3.63, 3.8) is 0 Å². The number of amides is 1. The van der Waals surface area contributed by atoms with Crippen molar-refractivity contribution in [1.29, 1.82) is 0 Å². The Bertz CT molecular complexity index is 553. The summed E-state index contributed by atoms with van der Waals surface area (Å²) in [4.78, 5) is 25.1. The SMILES string of the molecule is CCCCOC(=O)Nc1sc2c(c1C(=O)OC)CCC(C)C2. The molecular weight excluding hydrogens is 302 g/mol. The lowest BCUT2D eigenvalue weighted by Gasteiger charge is -2.18. The van der Waals surface area contributed by atoms with Crippen LogP contribution in [-0.2, 0) is 22.3 Å². The first kappa shape index (κ1) is 16.8. The van der Waals surface area contributed by atoms with Gasteiger partial charge in [-0.05, 0) is 37.2 Å². The molecule has 0 bridgehead atoms. The van der Waals surface area contributed by atoms with Gasteiger partial charge < -0.3 is 9.47 Å². The second-order valence-corrected chi connectivity index (χ2v) is 6.77. The number of hydrogen-bond donors (Lipinski definition) is 1. The van der Waals surface area contributed by atoms with Gasteiger partial charge in [0.25, 0.3) is 0 Å². The molecule has 1 aromatic heterocycles. The predicted octanol–water partition coefficient (Wildman–Crippen LogP) is 4.01. The Morgan fingerprint density at radius 3 is 2.86 bits per heavy atom. The van der Waals surface area contributed by atoms with E-state index in [0.29, 0.717) is 23.1 Å². The lowest BCUT2D eigenvalue weighted by Crippen LogP contribution is -2.17. The standard InChI is InChI=1S/C16H23NO4S/c1-4-5-8-21-16(19)17-14-13(15(18)20-3)11-7-6-10(2)9-12(11)22-14/h10H,4-9H2,1-3H3,(H,17,19). The van der Waals surface area contributed by atoms with Crippen molar-refractivity contribution in [1.82, 2.24) is 0 Å². The number of rotatable bonds is 5. The molecule has 1 aromatic rings. The molecular formula is C16H23NO4S. The van der Waals surface area contributed by atoms with Gasteiger partial charge >= 0.3 is 12.1 Å². The summed E-state index contributed by atoms with van der Waals surface area (Å²) in [5.41, 5.74) is 1.53. The van der Waals surface area contributed by atoms with Gasteiger partial charge in [0, 0.05) is 4.88 Å². The van der Waals surface area contributed by atoms with Crippen LogP contribution in [0.3, 0.4) is 0 Å². The van der Waals surface area contributed by atoms with Crippen LogP contribution in [0.1, 0.15) is 53.9 Å². The highest BCUT2D eigenvalue weighted by molar-refractivity contribution is 7.17. The Hall–Kier alpha value is -1.56. The van der Waals surface area contributed by atoms with Gasteiger partial charge in [-0.2, -0.15) is 0 Å². The molecule has 0 fully saturated rings. The van der Waals surface area contributed by atoms with E-state index in [1.807, 2.05) is 6.92 Å². The van der Waals surface area contributed by atoms with Gasteiger partial charge in [0.2, 0.25) is 0 Å². The van der Waals surface area contributed by atoms with Crippen molar-refractivity contribution in [3.05, 3.63) is 16.0 Å². The predicted molar refractivity (Wildman–Crippen MR) is 86.7 cm³/mol. The maximum Gasteiger partial charge on any atom is 0.412 e. The summed E-state index contributed by atoms with van der Waals surface area (Å²) in [6.07, 6.45) is 4.13. The molecule has 1 aliphatic carbocycles. The zero-order chi connectivity index (χ0) is 16.1. The smallest absolute Gasteiger partial charge is 0.412 e. The van der Waals surface area contributed by atoms with Gasteiger partial charge in [0.1, 0.15) is 5.00 Å². The van der Waals surface area contributed by atoms with Crippen LogP contribution in [0.5, 0.6) is 0 Å². The molecule has 1 heterocycles. The van der Waals surface area contributed by atoms with Crippen LogP contribution in [0.15, 0.2) is 0 Å². The van der Waals surface area contributed by atoms with Crippen molar-refractivity contribution in [2.45, 2.75) is 46.0 Å². The van der Waals surface area contributed by atoms with Crippen LogP contribution in [0.4, 0.5) is 9.80 Å². The van der Waals surface area contributed by atoms with E-state index < -0.39 is 12.1 Å². The van der Waals surface area contributed by atoms with E-state index in [4.69, 9.17) is 9.47 Å². The van der Waals surface area contributed by atoms with Gasteiger partial charge in [-0.3, -0.25) is 5.32 Å². The summed E-state index contributed by atoms with van der Waals surface area (Å²) >= 11 is 1.46. The molecule has 1 amide bonds. The van der Waals surface area contributed by atoms with Crippen LogP contribution < -0.4 is 5.32 Å². The van der Waals surface area contributed by atoms with Crippen LogP contribution in [0, 0.1) is 5.92 Å². The first-order chi connectivity index (χ1) is 10.6. The first-order valence-corrected chi connectivity index (χ1v) is 8.55. The number of nitrogens with one attached hydrogen (secondary N) is 1. The third-order valence-corrected chi connectivity index (χ3v) is 5.02. The van der Waals surface area contributed by atoms with E-state index in [2.05, 4.69) is 12.2 Å². The molecule has 0 spiro atoms. The Morgan fingerprint density at radius 1 is 1.41 bits per heavy atom.